The van der Waals surface area contributed by atoms with Crippen LogP contribution in [-0.2, 0) is 0 Å². The van der Waals surface area contributed by atoms with Crippen LogP contribution in [0.4, 0.5) is 0 Å². The lowest BCUT2D eigenvalue weighted by molar-refractivity contribution is 0.0916. The standard InChI is InChI=1S/C15H12BrCl2NO2.C7H8/c16-11-3-1-2-10(6-11)15(21)19-14(8-20)9-4-5-12(17)13(18)7-9;1-7-5-3-2-4-6-7/h1-7,14,20H,8H2,(H,19,21);2-6H,1H3. The fourth-order valence-corrected chi connectivity index (χ4v) is 3.07. The van der Waals surface area contributed by atoms with E-state index in [4.69, 9.17) is 23.2 Å². The molecule has 0 aliphatic carbocycles. The maximum atomic E-state index is 12.2. The van der Waals surface area contributed by atoms with Gasteiger partial charge < -0.3 is 10.4 Å². The average Bonchev–Trinajstić information content (AvgIpc) is 2.69. The summed E-state index contributed by atoms with van der Waals surface area (Å²) >= 11 is 15.1. The molecule has 28 heavy (non-hydrogen) atoms. The fraction of sp³-hybridized carbons (Fsp3) is 0.136. The number of hydrogen-bond donors (Lipinski definition) is 2. The third kappa shape index (κ3) is 6.95. The maximum Gasteiger partial charge on any atom is 0.251 e. The summed E-state index contributed by atoms with van der Waals surface area (Å²) in [6.45, 7) is 1.84. The van der Waals surface area contributed by atoms with Crippen molar-refractivity contribution in [3.8, 4) is 0 Å². The molecule has 0 bridgehead atoms. The molecule has 3 aromatic carbocycles. The van der Waals surface area contributed by atoms with Crippen molar-refractivity contribution in [2.45, 2.75) is 13.0 Å². The van der Waals surface area contributed by atoms with Crippen LogP contribution < -0.4 is 5.32 Å². The fourth-order valence-electron chi connectivity index (χ4n) is 2.37. The van der Waals surface area contributed by atoms with E-state index in [0.29, 0.717) is 21.2 Å². The van der Waals surface area contributed by atoms with Crippen molar-refractivity contribution in [1.82, 2.24) is 5.32 Å². The normalized spacial score (nSPS) is 11.2. The summed E-state index contributed by atoms with van der Waals surface area (Å²) in [5.74, 6) is -0.276. The van der Waals surface area contributed by atoms with Gasteiger partial charge in [0.1, 0.15) is 0 Å². The van der Waals surface area contributed by atoms with E-state index in [2.05, 4.69) is 40.3 Å². The van der Waals surface area contributed by atoms with Gasteiger partial charge in [-0.1, -0.05) is 87.2 Å². The van der Waals surface area contributed by atoms with Crippen LogP contribution in [0.3, 0.4) is 0 Å². The number of halogens is 3. The lowest BCUT2D eigenvalue weighted by Crippen LogP contribution is -2.30. The Morgan fingerprint density at radius 2 is 1.71 bits per heavy atom. The second-order valence-electron chi connectivity index (χ2n) is 6.05. The average molecular weight is 481 g/mol. The first-order valence-electron chi connectivity index (χ1n) is 8.54. The van der Waals surface area contributed by atoms with E-state index >= 15 is 0 Å². The molecule has 6 heteroatoms. The van der Waals surface area contributed by atoms with Gasteiger partial charge in [-0.15, -0.1) is 0 Å². The van der Waals surface area contributed by atoms with Gasteiger partial charge in [0.05, 0.1) is 22.7 Å². The third-order valence-electron chi connectivity index (χ3n) is 3.86. The first kappa shape index (κ1) is 22.4. The highest BCUT2D eigenvalue weighted by Gasteiger charge is 2.16. The quantitative estimate of drug-likeness (QED) is 0.466. The number of carbonyl (C=O) groups is 1. The highest BCUT2D eigenvalue weighted by Crippen LogP contribution is 2.25. The van der Waals surface area contributed by atoms with Crippen molar-refractivity contribution in [3.05, 3.63) is 104 Å². The van der Waals surface area contributed by atoms with Gasteiger partial charge in [0, 0.05) is 10.0 Å². The molecular formula is C22H20BrCl2NO2. The number of amides is 1. The first-order chi connectivity index (χ1) is 13.4. The van der Waals surface area contributed by atoms with E-state index in [9.17, 15) is 9.90 Å². The van der Waals surface area contributed by atoms with Crippen LogP contribution in [0.5, 0.6) is 0 Å². The Morgan fingerprint density at radius 3 is 2.25 bits per heavy atom. The minimum Gasteiger partial charge on any atom is -0.394 e. The zero-order valence-corrected chi connectivity index (χ0v) is 18.3. The number of aryl methyl sites for hydroxylation is 1. The highest BCUT2D eigenvalue weighted by atomic mass is 79.9. The Morgan fingerprint density at radius 1 is 1.00 bits per heavy atom. The molecule has 3 rings (SSSR count). The van der Waals surface area contributed by atoms with E-state index in [1.54, 1.807) is 36.4 Å². The van der Waals surface area contributed by atoms with Gasteiger partial charge in [-0.25, -0.2) is 0 Å². The predicted octanol–water partition coefficient (Wildman–Crippen LogP) is 6.21. The van der Waals surface area contributed by atoms with Crippen LogP contribution in [-0.4, -0.2) is 17.6 Å². The molecule has 0 radical (unpaired) electrons. The van der Waals surface area contributed by atoms with Gasteiger partial charge in [-0.3, -0.25) is 4.79 Å². The van der Waals surface area contributed by atoms with Crippen molar-refractivity contribution < 1.29 is 9.90 Å². The topological polar surface area (TPSA) is 49.3 Å². The minimum absolute atomic E-state index is 0.238. The Bertz CT molecular complexity index is 919. The van der Waals surface area contributed by atoms with Gasteiger partial charge >= 0.3 is 0 Å². The van der Waals surface area contributed by atoms with E-state index in [0.717, 1.165) is 4.47 Å². The van der Waals surface area contributed by atoms with Crippen LogP contribution in [0.2, 0.25) is 10.0 Å². The summed E-state index contributed by atoms with van der Waals surface area (Å²) in [5, 5.41) is 13.1. The summed E-state index contributed by atoms with van der Waals surface area (Å²) in [6, 6.07) is 21.7. The molecular weight excluding hydrogens is 461 g/mol. The number of carbonyl (C=O) groups excluding carboxylic acids is 1. The zero-order valence-electron chi connectivity index (χ0n) is 15.2. The number of aliphatic hydroxyl groups is 1. The van der Waals surface area contributed by atoms with Crippen LogP contribution in [0.15, 0.2) is 77.3 Å². The molecule has 0 aromatic heterocycles. The molecule has 0 aliphatic heterocycles. The van der Waals surface area contributed by atoms with Gasteiger partial charge in [0.25, 0.3) is 5.91 Å². The Kier molecular flexibility index (Phi) is 9.00. The van der Waals surface area contributed by atoms with Crippen molar-refractivity contribution in [2.75, 3.05) is 6.61 Å². The van der Waals surface area contributed by atoms with E-state index in [-0.39, 0.29) is 12.5 Å². The molecule has 0 spiro atoms. The number of aliphatic hydroxyl groups excluding tert-OH is 1. The summed E-state index contributed by atoms with van der Waals surface area (Å²) in [4.78, 5) is 12.2. The number of rotatable bonds is 4. The second-order valence-corrected chi connectivity index (χ2v) is 7.78. The van der Waals surface area contributed by atoms with Crippen molar-refractivity contribution in [3.63, 3.8) is 0 Å². The molecule has 1 atom stereocenters. The van der Waals surface area contributed by atoms with Gasteiger partial charge in [-0.05, 0) is 42.8 Å². The van der Waals surface area contributed by atoms with Crippen molar-refractivity contribution >= 4 is 45.0 Å². The summed E-state index contributed by atoms with van der Waals surface area (Å²) < 4.78 is 0.810. The first-order valence-corrected chi connectivity index (χ1v) is 10.1. The molecule has 3 aromatic rings. The van der Waals surface area contributed by atoms with Crippen LogP contribution >= 0.6 is 39.1 Å². The monoisotopic (exact) mass is 479 g/mol. The molecule has 146 valence electrons. The number of nitrogens with one attached hydrogen (secondary N) is 1. The van der Waals surface area contributed by atoms with Crippen molar-refractivity contribution in [2.24, 2.45) is 0 Å². The molecule has 1 amide bonds. The third-order valence-corrected chi connectivity index (χ3v) is 5.09. The van der Waals surface area contributed by atoms with Gasteiger partial charge in [-0.2, -0.15) is 0 Å². The molecule has 0 aliphatic rings. The number of benzene rings is 3. The molecule has 3 nitrogen and oxygen atoms in total. The summed E-state index contributed by atoms with van der Waals surface area (Å²) in [5.41, 5.74) is 2.51. The Hall–Kier alpha value is -1.85. The number of hydrogen-bond acceptors (Lipinski definition) is 2. The van der Waals surface area contributed by atoms with E-state index < -0.39 is 6.04 Å². The molecule has 0 saturated heterocycles. The van der Waals surface area contributed by atoms with Crippen LogP contribution in [0, 0.1) is 6.92 Å². The molecule has 2 N–H and O–H groups in total. The summed E-state index contributed by atoms with van der Waals surface area (Å²) in [6.07, 6.45) is 0. The predicted molar refractivity (Wildman–Crippen MR) is 119 cm³/mol. The van der Waals surface area contributed by atoms with Crippen LogP contribution in [0.25, 0.3) is 0 Å². The lowest BCUT2D eigenvalue weighted by atomic mass is 10.1. The largest absolute Gasteiger partial charge is 0.394 e. The lowest BCUT2D eigenvalue weighted by Gasteiger charge is -2.17. The second kappa shape index (κ2) is 11.2. The SMILES string of the molecule is Cc1ccccc1.O=C(NC(CO)c1ccc(Cl)c(Cl)c1)c1cccc(Br)c1. The minimum atomic E-state index is -0.550. The zero-order chi connectivity index (χ0) is 20.5. The van der Waals surface area contributed by atoms with Gasteiger partial charge in [0.2, 0.25) is 0 Å². The smallest absolute Gasteiger partial charge is 0.251 e. The van der Waals surface area contributed by atoms with Crippen molar-refractivity contribution in [1.29, 1.82) is 0 Å². The summed E-state index contributed by atoms with van der Waals surface area (Å²) in [7, 11) is 0. The van der Waals surface area contributed by atoms with E-state index in [1.807, 2.05) is 24.3 Å². The van der Waals surface area contributed by atoms with Gasteiger partial charge in [0.15, 0.2) is 0 Å². The molecule has 0 saturated carbocycles. The highest BCUT2D eigenvalue weighted by molar-refractivity contribution is 9.10. The van der Waals surface area contributed by atoms with E-state index in [1.165, 1.54) is 5.56 Å². The Labute approximate surface area is 183 Å². The maximum absolute atomic E-state index is 12.2. The Balaban J connectivity index is 0.000000336. The molecule has 1 unspecified atom stereocenters. The molecule has 0 heterocycles. The molecule has 0 fully saturated rings. The van der Waals surface area contributed by atoms with Crippen LogP contribution in [0.1, 0.15) is 27.5 Å².